The Balaban J connectivity index is 1.22. The van der Waals surface area contributed by atoms with E-state index in [1.165, 1.54) is 0 Å². The highest BCUT2D eigenvalue weighted by atomic mass is 14.8. The van der Waals surface area contributed by atoms with Crippen molar-refractivity contribution in [3.63, 3.8) is 0 Å². The summed E-state index contributed by atoms with van der Waals surface area (Å²) in [5.74, 6) is 0. The first-order chi connectivity index (χ1) is 17.6. The Kier molecular flexibility index (Phi) is 6.58. The number of rotatable bonds is 4. The van der Waals surface area contributed by atoms with Crippen LogP contribution in [-0.4, -0.2) is 34.3 Å². The molecule has 5 rings (SSSR count). The van der Waals surface area contributed by atoms with Gasteiger partial charge in [-0.15, -0.1) is 0 Å². The molecule has 0 bridgehead atoms. The summed E-state index contributed by atoms with van der Waals surface area (Å²) in [4.78, 5) is 18.5. The molecule has 0 aliphatic heterocycles. The molecule has 0 fully saturated rings. The molecule has 6 heteroatoms. The second-order valence-corrected chi connectivity index (χ2v) is 8.09. The third kappa shape index (κ3) is 6.07. The lowest BCUT2D eigenvalue weighted by Gasteiger charge is -2.04. The average molecular weight is 467 g/mol. The molecule has 0 atom stereocenters. The quantitative estimate of drug-likeness (QED) is 0.450. The van der Waals surface area contributed by atoms with Gasteiger partial charge in [0.25, 0.3) is 0 Å². The molecular formula is C30H22N6. The first kappa shape index (κ1) is 22.7. The van der Waals surface area contributed by atoms with Crippen molar-refractivity contribution in [2.24, 2.45) is 20.0 Å². The molecule has 0 radical (unpaired) electrons. The lowest BCUT2D eigenvalue weighted by Crippen LogP contribution is -1.99. The van der Waals surface area contributed by atoms with E-state index in [9.17, 15) is 0 Å². The minimum atomic E-state index is 0.472. The summed E-state index contributed by atoms with van der Waals surface area (Å²) in [6.45, 7) is 0. The van der Waals surface area contributed by atoms with E-state index in [1.807, 2.05) is 97.1 Å². The molecule has 172 valence electrons. The first-order valence-electron chi connectivity index (χ1n) is 11.4. The maximum absolute atomic E-state index is 7.56. The number of hydrogen-bond donors (Lipinski definition) is 2. The maximum atomic E-state index is 7.56. The van der Waals surface area contributed by atoms with Gasteiger partial charge in [-0.3, -0.25) is 0 Å². The van der Waals surface area contributed by atoms with E-state index < -0.39 is 0 Å². The van der Waals surface area contributed by atoms with Gasteiger partial charge in [0.2, 0.25) is 0 Å². The predicted octanol–water partition coefficient (Wildman–Crippen LogP) is 7.09. The van der Waals surface area contributed by atoms with Gasteiger partial charge in [0, 0.05) is 0 Å². The fourth-order valence-electron chi connectivity index (χ4n) is 3.47. The van der Waals surface area contributed by atoms with Crippen LogP contribution >= 0.6 is 0 Å². The molecule has 0 spiro atoms. The number of allylic oxidation sites excluding steroid dienone is 12. The van der Waals surface area contributed by atoms with Crippen LogP contribution < -0.4 is 0 Å². The second-order valence-electron chi connectivity index (χ2n) is 8.09. The zero-order valence-electron chi connectivity index (χ0n) is 19.3. The largest absolute Gasteiger partial charge is 0.301 e. The maximum Gasteiger partial charge on any atom is 0.0638 e. The molecule has 3 aliphatic rings. The van der Waals surface area contributed by atoms with Crippen molar-refractivity contribution in [3.8, 4) is 0 Å². The van der Waals surface area contributed by atoms with Crippen molar-refractivity contribution >= 4 is 57.0 Å². The Morgan fingerprint density at radius 2 is 0.500 bits per heavy atom. The number of aliphatic imine (C=N–C) groups is 4. The molecule has 2 N–H and O–H groups in total. The highest BCUT2D eigenvalue weighted by Crippen LogP contribution is 2.22. The summed E-state index contributed by atoms with van der Waals surface area (Å²) in [6.07, 6.45) is 22.0. The standard InChI is InChI=1S/C30H22N6/c31-21-1-5-23(6-2-21)33-25-9-13-27(14-10-25)35-29-17-19-30(20-18-29)36-28-15-11-26(12-16-28)34-24-7-3-22(32)4-8-24/h1-20,31-32H. The summed E-state index contributed by atoms with van der Waals surface area (Å²) in [7, 11) is 0. The fourth-order valence-corrected chi connectivity index (χ4v) is 3.47. The van der Waals surface area contributed by atoms with E-state index in [4.69, 9.17) is 10.8 Å². The van der Waals surface area contributed by atoms with E-state index in [0.717, 1.165) is 45.6 Å². The Labute approximate surface area is 209 Å². The van der Waals surface area contributed by atoms with Crippen LogP contribution in [0.4, 0.5) is 22.7 Å². The van der Waals surface area contributed by atoms with Crippen molar-refractivity contribution in [1.82, 2.24) is 0 Å². The van der Waals surface area contributed by atoms with Crippen molar-refractivity contribution in [3.05, 3.63) is 121 Å². The molecular weight excluding hydrogens is 444 g/mol. The topological polar surface area (TPSA) is 97.1 Å². The SMILES string of the molecule is N=C1C=CC(=Nc2ccc(N=C3C=CC(=Nc4ccc(N=C5C=CC(=N)C=C5)cc4)C=C3)cc2)C=C1. The van der Waals surface area contributed by atoms with Crippen molar-refractivity contribution in [1.29, 1.82) is 10.8 Å². The Bertz CT molecular complexity index is 1350. The Hall–Kier alpha value is -5.10. The number of nitrogens with zero attached hydrogens (tertiary/aromatic N) is 4. The van der Waals surface area contributed by atoms with Gasteiger partial charge in [0.05, 0.1) is 57.0 Å². The molecule has 2 aromatic carbocycles. The third-order valence-corrected chi connectivity index (χ3v) is 5.32. The monoisotopic (exact) mass is 466 g/mol. The molecule has 3 aliphatic carbocycles. The van der Waals surface area contributed by atoms with Crippen LogP contribution in [0, 0.1) is 10.8 Å². The van der Waals surface area contributed by atoms with E-state index in [2.05, 4.69) is 20.0 Å². The summed E-state index contributed by atoms with van der Waals surface area (Å²) in [5, 5.41) is 15.1. The van der Waals surface area contributed by atoms with Crippen LogP contribution in [0.15, 0.2) is 141 Å². The second kappa shape index (κ2) is 10.4. The molecule has 2 aromatic rings. The molecule has 36 heavy (non-hydrogen) atoms. The van der Waals surface area contributed by atoms with Crippen molar-refractivity contribution in [2.75, 3.05) is 0 Å². The normalized spacial score (nSPS) is 16.1. The summed E-state index contributed by atoms with van der Waals surface area (Å²) in [6, 6.07) is 15.5. The third-order valence-electron chi connectivity index (χ3n) is 5.32. The minimum absolute atomic E-state index is 0.472. The molecule has 0 unspecified atom stereocenters. The van der Waals surface area contributed by atoms with Gasteiger partial charge in [-0.1, -0.05) is 0 Å². The lowest BCUT2D eigenvalue weighted by atomic mass is 10.1. The van der Waals surface area contributed by atoms with Crippen LogP contribution in [0.1, 0.15) is 0 Å². The molecule has 6 nitrogen and oxygen atoms in total. The average Bonchev–Trinajstić information content (AvgIpc) is 2.90. The summed E-state index contributed by atoms with van der Waals surface area (Å²) >= 11 is 0. The van der Waals surface area contributed by atoms with Gasteiger partial charge in [-0.05, 0) is 121 Å². The van der Waals surface area contributed by atoms with Gasteiger partial charge in [-0.2, -0.15) is 0 Å². The van der Waals surface area contributed by atoms with Crippen LogP contribution in [-0.2, 0) is 0 Å². The Morgan fingerprint density at radius 3 is 0.722 bits per heavy atom. The number of benzene rings is 2. The van der Waals surface area contributed by atoms with Gasteiger partial charge < -0.3 is 10.8 Å². The molecule has 0 heterocycles. The Morgan fingerprint density at radius 1 is 0.306 bits per heavy atom. The highest BCUT2D eigenvalue weighted by molar-refractivity contribution is 6.20. The van der Waals surface area contributed by atoms with Crippen LogP contribution in [0.5, 0.6) is 0 Å². The molecule has 0 aromatic heterocycles. The minimum Gasteiger partial charge on any atom is -0.301 e. The van der Waals surface area contributed by atoms with E-state index in [1.54, 1.807) is 24.3 Å². The van der Waals surface area contributed by atoms with Gasteiger partial charge in [0.15, 0.2) is 0 Å². The van der Waals surface area contributed by atoms with E-state index in [0.29, 0.717) is 11.4 Å². The summed E-state index contributed by atoms with van der Waals surface area (Å²) < 4.78 is 0. The lowest BCUT2D eigenvalue weighted by molar-refractivity contribution is 1.46. The molecule has 0 amide bonds. The van der Waals surface area contributed by atoms with Crippen LogP contribution in [0.2, 0.25) is 0 Å². The number of nitrogens with one attached hydrogen (secondary N) is 2. The van der Waals surface area contributed by atoms with E-state index >= 15 is 0 Å². The highest BCUT2D eigenvalue weighted by Gasteiger charge is 2.03. The van der Waals surface area contributed by atoms with Gasteiger partial charge in [0.1, 0.15) is 0 Å². The van der Waals surface area contributed by atoms with Gasteiger partial charge >= 0.3 is 0 Å². The molecule has 0 saturated carbocycles. The zero-order valence-corrected chi connectivity index (χ0v) is 19.3. The van der Waals surface area contributed by atoms with Crippen molar-refractivity contribution < 1.29 is 0 Å². The fraction of sp³-hybridized carbons (Fsp3) is 0. The smallest absolute Gasteiger partial charge is 0.0638 e. The predicted molar refractivity (Wildman–Crippen MR) is 152 cm³/mol. The van der Waals surface area contributed by atoms with Crippen molar-refractivity contribution in [2.45, 2.75) is 0 Å². The molecule has 0 saturated heterocycles. The van der Waals surface area contributed by atoms with Gasteiger partial charge in [-0.25, -0.2) is 20.0 Å². The van der Waals surface area contributed by atoms with Crippen LogP contribution in [0.3, 0.4) is 0 Å². The van der Waals surface area contributed by atoms with Crippen LogP contribution in [0.25, 0.3) is 0 Å². The summed E-state index contributed by atoms with van der Waals surface area (Å²) in [5.41, 5.74) is 7.63. The zero-order chi connectivity index (χ0) is 24.7. The van der Waals surface area contributed by atoms with E-state index in [-0.39, 0.29) is 0 Å². The first-order valence-corrected chi connectivity index (χ1v) is 11.4. The number of hydrogen-bond acceptors (Lipinski definition) is 6.